The Bertz CT molecular complexity index is 1570. The largest absolute Gasteiger partial charge is 0.478 e. The molecule has 0 spiro atoms. The zero-order chi connectivity index (χ0) is 27.7. The van der Waals surface area contributed by atoms with Gasteiger partial charge in [0.2, 0.25) is 0 Å². The second-order valence-corrected chi connectivity index (χ2v) is 10.4. The standard InChI is InChI=1S/C30H34N6O3/c1-19-14-25(22(4)32-26-10-6-5-9-24(26)30(38)39)28-33-27(21(3)29(37)36(28)16-19)35-13-12-34(17-20(35)2)18-23-8-7-11-31-15-23/h5-11,14-16,20,22,32H,12-13,17-18H2,1-4H3,(H,38,39)/t20?,22-/m1/s1. The summed E-state index contributed by atoms with van der Waals surface area (Å²) < 4.78 is 1.62. The second-order valence-electron chi connectivity index (χ2n) is 10.4. The number of aromatic carboxylic acids is 1. The minimum atomic E-state index is -0.997. The Kier molecular flexibility index (Phi) is 7.34. The van der Waals surface area contributed by atoms with Crippen LogP contribution in [-0.4, -0.2) is 56.0 Å². The van der Waals surface area contributed by atoms with E-state index in [4.69, 9.17) is 4.98 Å². The van der Waals surface area contributed by atoms with Gasteiger partial charge in [0.05, 0.1) is 17.2 Å². The lowest BCUT2D eigenvalue weighted by Crippen LogP contribution is -2.52. The maximum Gasteiger partial charge on any atom is 0.337 e. The molecule has 2 atom stereocenters. The molecule has 4 aromatic rings. The van der Waals surface area contributed by atoms with E-state index in [-0.39, 0.29) is 23.2 Å². The van der Waals surface area contributed by atoms with E-state index >= 15 is 0 Å². The topological polar surface area (TPSA) is 103 Å². The number of hydrogen-bond donors (Lipinski definition) is 2. The minimum Gasteiger partial charge on any atom is -0.478 e. The average molecular weight is 527 g/mol. The Morgan fingerprint density at radius 1 is 1.18 bits per heavy atom. The molecule has 9 nitrogen and oxygen atoms in total. The fraction of sp³-hybridized carbons (Fsp3) is 0.333. The highest BCUT2D eigenvalue weighted by Crippen LogP contribution is 2.28. The van der Waals surface area contributed by atoms with Crippen LogP contribution in [0.3, 0.4) is 0 Å². The monoisotopic (exact) mass is 526 g/mol. The predicted octanol–water partition coefficient (Wildman–Crippen LogP) is 4.29. The number of carboxylic acid groups (broad SMARTS) is 1. The van der Waals surface area contributed by atoms with Gasteiger partial charge in [0.25, 0.3) is 5.56 Å². The second kappa shape index (κ2) is 10.9. The number of hydrogen-bond acceptors (Lipinski definition) is 7. The highest BCUT2D eigenvalue weighted by Gasteiger charge is 2.28. The van der Waals surface area contributed by atoms with Crippen LogP contribution in [0.5, 0.6) is 0 Å². The van der Waals surface area contributed by atoms with Gasteiger partial charge in [-0.15, -0.1) is 0 Å². The lowest BCUT2D eigenvalue weighted by Gasteiger charge is -2.41. The SMILES string of the molecule is Cc1cc([C@@H](C)Nc2ccccc2C(=O)O)c2nc(N3CCN(Cc4cccnc4)CC3C)c(C)c(=O)n2c1. The zero-order valence-corrected chi connectivity index (χ0v) is 22.8. The maximum absolute atomic E-state index is 13.6. The van der Waals surface area contributed by atoms with E-state index in [2.05, 4.69) is 33.1 Å². The molecule has 0 aliphatic carbocycles. The molecule has 5 rings (SSSR count). The van der Waals surface area contributed by atoms with Crippen LogP contribution < -0.4 is 15.8 Å². The summed E-state index contributed by atoms with van der Waals surface area (Å²) >= 11 is 0. The van der Waals surface area contributed by atoms with E-state index in [1.54, 1.807) is 34.9 Å². The number of carbonyl (C=O) groups is 1. The first-order chi connectivity index (χ1) is 18.7. The molecule has 4 heterocycles. The van der Waals surface area contributed by atoms with Crippen molar-refractivity contribution in [3.05, 3.63) is 99.2 Å². The van der Waals surface area contributed by atoms with Crippen LogP contribution in [0.15, 0.2) is 65.8 Å². The third-order valence-corrected chi connectivity index (χ3v) is 7.40. The van der Waals surface area contributed by atoms with Crippen molar-refractivity contribution in [2.24, 2.45) is 0 Å². The molecule has 39 heavy (non-hydrogen) atoms. The van der Waals surface area contributed by atoms with Crippen LogP contribution in [0.2, 0.25) is 0 Å². The third kappa shape index (κ3) is 5.35. The molecule has 1 aliphatic heterocycles. The van der Waals surface area contributed by atoms with Gasteiger partial charge in [-0.1, -0.05) is 18.2 Å². The minimum absolute atomic E-state index is 0.0944. The fourth-order valence-electron chi connectivity index (χ4n) is 5.43. The van der Waals surface area contributed by atoms with Gasteiger partial charge in [0.15, 0.2) is 0 Å². The number of pyridine rings is 2. The average Bonchev–Trinajstić information content (AvgIpc) is 2.92. The molecule has 1 aliphatic rings. The Labute approximate surface area is 227 Å². The molecular formula is C30H34N6O3. The molecule has 0 radical (unpaired) electrons. The van der Waals surface area contributed by atoms with Crippen molar-refractivity contribution in [3.8, 4) is 0 Å². The third-order valence-electron chi connectivity index (χ3n) is 7.40. The van der Waals surface area contributed by atoms with Gasteiger partial charge in [-0.05, 0) is 63.1 Å². The first-order valence-electron chi connectivity index (χ1n) is 13.2. The molecule has 9 heteroatoms. The lowest BCUT2D eigenvalue weighted by molar-refractivity contribution is 0.0698. The highest BCUT2D eigenvalue weighted by molar-refractivity contribution is 5.94. The van der Waals surface area contributed by atoms with Crippen molar-refractivity contribution >= 4 is 23.1 Å². The Morgan fingerprint density at radius 3 is 2.69 bits per heavy atom. The molecule has 1 aromatic carbocycles. The molecular weight excluding hydrogens is 492 g/mol. The first kappa shape index (κ1) is 26.4. The van der Waals surface area contributed by atoms with Crippen LogP contribution in [0.25, 0.3) is 5.65 Å². The zero-order valence-electron chi connectivity index (χ0n) is 22.8. The van der Waals surface area contributed by atoms with Gasteiger partial charge in [-0.25, -0.2) is 9.78 Å². The maximum atomic E-state index is 13.6. The number of nitrogens with zero attached hydrogens (tertiary/aromatic N) is 5. The van der Waals surface area contributed by atoms with Gasteiger partial charge < -0.3 is 15.3 Å². The number of rotatable bonds is 7. The summed E-state index contributed by atoms with van der Waals surface area (Å²) in [5.74, 6) is -0.292. The van der Waals surface area contributed by atoms with Gasteiger partial charge in [0.1, 0.15) is 11.5 Å². The van der Waals surface area contributed by atoms with E-state index in [9.17, 15) is 14.7 Å². The van der Waals surface area contributed by atoms with Crippen LogP contribution in [0.4, 0.5) is 11.5 Å². The Morgan fingerprint density at radius 2 is 1.97 bits per heavy atom. The number of para-hydroxylation sites is 1. The van der Waals surface area contributed by atoms with Crippen molar-refractivity contribution < 1.29 is 9.90 Å². The molecule has 2 N–H and O–H groups in total. The molecule has 1 saturated heterocycles. The molecule has 0 bridgehead atoms. The van der Waals surface area contributed by atoms with E-state index in [0.29, 0.717) is 22.7 Å². The van der Waals surface area contributed by atoms with Crippen molar-refractivity contribution in [1.29, 1.82) is 0 Å². The number of piperazine rings is 1. The van der Waals surface area contributed by atoms with Crippen molar-refractivity contribution in [2.45, 2.75) is 46.3 Å². The first-order valence-corrected chi connectivity index (χ1v) is 13.2. The highest BCUT2D eigenvalue weighted by atomic mass is 16.4. The summed E-state index contributed by atoms with van der Waals surface area (Å²) in [6.45, 7) is 11.2. The van der Waals surface area contributed by atoms with Crippen LogP contribution in [0.1, 0.15) is 52.5 Å². The molecule has 1 unspecified atom stereocenters. The van der Waals surface area contributed by atoms with E-state index in [1.165, 1.54) is 5.56 Å². The number of carboxylic acids is 1. The van der Waals surface area contributed by atoms with E-state index < -0.39 is 5.97 Å². The van der Waals surface area contributed by atoms with Crippen molar-refractivity contribution in [1.82, 2.24) is 19.3 Å². The number of benzene rings is 1. The van der Waals surface area contributed by atoms with Gasteiger partial charge in [0, 0.05) is 62.1 Å². The normalized spacial score (nSPS) is 16.8. The van der Waals surface area contributed by atoms with Gasteiger partial charge in [-0.3, -0.25) is 19.1 Å². The quantitative estimate of drug-likeness (QED) is 0.368. The molecule has 202 valence electrons. The number of aryl methyl sites for hydroxylation is 1. The summed E-state index contributed by atoms with van der Waals surface area (Å²) in [5.41, 5.74) is 4.75. The summed E-state index contributed by atoms with van der Waals surface area (Å²) in [7, 11) is 0. The molecule has 0 amide bonds. The summed E-state index contributed by atoms with van der Waals surface area (Å²) in [4.78, 5) is 39.3. The molecule has 0 saturated carbocycles. The van der Waals surface area contributed by atoms with E-state index in [1.807, 2.05) is 45.3 Å². The fourth-order valence-corrected chi connectivity index (χ4v) is 5.43. The van der Waals surface area contributed by atoms with Crippen LogP contribution in [0, 0.1) is 13.8 Å². The van der Waals surface area contributed by atoms with Crippen molar-refractivity contribution in [2.75, 3.05) is 29.9 Å². The molecule has 3 aromatic heterocycles. The van der Waals surface area contributed by atoms with Crippen LogP contribution >= 0.6 is 0 Å². The summed E-state index contributed by atoms with van der Waals surface area (Å²) in [6, 6.07) is 12.8. The number of nitrogens with one attached hydrogen (secondary N) is 1. The van der Waals surface area contributed by atoms with E-state index in [0.717, 1.165) is 37.3 Å². The number of aromatic nitrogens is 3. The van der Waals surface area contributed by atoms with Gasteiger partial charge in [-0.2, -0.15) is 0 Å². The summed E-state index contributed by atoms with van der Waals surface area (Å²) in [5, 5.41) is 13.0. The van der Waals surface area contributed by atoms with Crippen molar-refractivity contribution in [3.63, 3.8) is 0 Å². The lowest BCUT2D eigenvalue weighted by atomic mass is 10.1. The smallest absolute Gasteiger partial charge is 0.337 e. The van der Waals surface area contributed by atoms with Crippen LogP contribution in [-0.2, 0) is 6.54 Å². The predicted molar refractivity (Wildman–Crippen MR) is 153 cm³/mol. The number of fused-ring (bicyclic) bond motifs is 1. The Hall–Kier alpha value is -4.24. The summed E-state index contributed by atoms with van der Waals surface area (Å²) in [6.07, 6.45) is 5.51. The number of anilines is 2. The van der Waals surface area contributed by atoms with Gasteiger partial charge >= 0.3 is 5.97 Å². The molecule has 1 fully saturated rings. The Balaban J connectivity index is 1.48.